The summed E-state index contributed by atoms with van der Waals surface area (Å²) in [6.07, 6.45) is 8.06. The Balaban J connectivity index is 1.88. The van der Waals surface area contributed by atoms with E-state index in [1.165, 1.54) is 0 Å². The fraction of sp³-hybridized carbons (Fsp3) is 0.632. The summed E-state index contributed by atoms with van der Waals surface area (Å²) >= 11 is 0. The second-order valence-corrected chi connectivity index (χ2v) is 9.09. The molecular formula is C19H27NO3S. The molecule has 0 aliphatic heterocycles. The molecule has 1 aromatic carbocycles. The molecule has 0 aromatic heterocycles. The van der Waals surface area contributed by atoms with Crippen molar-refractivity contribution >= 4 is 15.8 Å². The third-order valence-corrected chi connectivity index (χ3v) is 7.23. The van der Waals surface area contributed by atoms with E-state index < -0.39 is 15.4 Å². The number of rotatable bonds is 3. The summed E-state index contributed by atoms with van der Waals surface area (Å²) < 4.78 is 28.5. The van der Waals surface area contributed by atoms with Crippen molar-refractivity contribution in [2.45, 2.75) is 75.6 Å². The van der Waals surface area contributed by atoms with E-state index in [0.29, 0.717) is 6.42 Å². The van der Waals surface area contributed by atoms with Gasteiger partial charge >= 0.3 is 0 Å². The molecule has 1 N–H and O–H groups in total. The van der Waals surface area contributed by atoms with Gasteiger partial charge in [-0.1, -0.05) is 43.4 Å². The van der Waals surface area contributed by atoms with E-state index in [1.54, 1.807) is 12.1 Å². The maximum atomic E-state index is 12.8. The van der Waals surface area contributed by atoms with Crippen molar-refractivity contribution in [2.24, 2.45) is 5.41 Å². The van der Waals surface area contributed by atoms with Gasteiger partial charge in [0.25, 0.3) is 0 Å². The van der Waals surface area contributed by atoms with Crippen LogP contribution in [0.5, 0.6) is 0 Å². The quantitative estimate of drug-likeness (QED) is 0.904. The highest BCUT2D eigenvalue weighted by Crippen LogP contribution is 2.45. The number of benzene rings is 1. The van der Waals surface area contributed by atoms with E-state index in [9.17, 15) is 13.2 Å². The minimum absolute atomic E-state index is 0.261. The fourth-order valence-corrected chi connectivity index (χ4v) is 5.66. The smallest absolute Gasteiger partial charge is 0.240 e. The molecule has 0 radical (unpaired) electrons. The zero-order valence-electron chi connectivity index (χ0n) is 14.4. The average molecular weight is 349 g/mol. The van der Waals surface area contributed by atoms with E-state index in [1.807, 2.05) is 19.1 Å². The van der Waals surface area contributed by atoms with Crippen molar-refractivity contribution in [2.75, 3.05) is 0 Å². The fourth-order valence-electron chi connectivity index (χ4n) is 4.31. The number of carbonyl (C=O) groups excluding carboxylic acids is 1. The number of ketones is 1. The zero-order chi connectivity index (χ0) is 17.2. The molecule has 5 heteroatoms. The molecule has 1 spiro atoms. The van der Waals surface area contributed by atoms with Gasteiger partial charge in [-0.3, -0.25) is 4.79 Å². The molecule has 2 fully saturated rings. The third-order valence-electron chi connectivity index (χ3n) is 5.74. The second kappa shape index (κ2) is 6.96. The second-order valence-electron chi connectivity index (χ2n) is 7.37. The van der Waals surface area contributed by atoms with Crippen LogP contribution in [0.25, 0.3) is 0 Å². The van der Waals surface area contributed by atoms with Crippen LogP contribution in [-0.4, -0.2) is 20.2 Å². The lowest BCUT2D eigenvalue weighted by atomic mass is 9.65. The zero-order valence-corrected chi connectivity index (χ0v) is 15.2. The lowest BCUT2D eigenvalue weighted by Crippen LogP contribution is -2.53. The predicted molar refractivity (Wildman–Crippen MR) is 94.3 cm³/mol. The van der Waals surface area contributed by atoms with Gasteiger partial charge in [0.15, 0.2) is 0 Å². The van der Waals surface area contributed by atoms with Crippen molar-refractivity contribution in [3.05, 3.63) is 29.8 Å². The van der Waals surface area contributed by atoms with Crippen LogP contribution in [0.15, 0.2) is 29.2 Å². The average Bonchev–Trinajstić information content (AvgIpc) is 2.73. The van der Waals surface area contributed by atoms with Gasteiger partial charge in [0, 0.05) is 17.9 Å². The molecule has 0 amide bonds. The Labute approximate surface area is 145 Å². The molecule has 132 valence electrons. The third kappa shape index (κ3) is 3.42. The van der Waals surface area contributed by atoms with E-state index in [2.05, 4.69) is 4.72 Å². The highest BCUT2D eigenvalue weighted by Gasteiger charge is 2.47. The number of Topliss-reactive ketones (excluding diaryl/α,β-unsaturated/α-hetero) is 1. The van der Waals surface area contributed by atoms with Crippen LogP contribution in [0.2, 0.25) is 0 Å². The summed E-state index contributed by atoms with van der Waals surface area (Å²) in [5.74, 6) is 0.274. The first-order chi connectivity index (χ1) is 11.4. The topological polar surface area (TPSA) is 63.2 Å². The molecule has 0 bridgehead atoms. The molecule has 1 aromatic rings. The van der Waals surface area contributed by atoms with Crippen molar-refractivity contribution in [3.8, 4) is 0 Å². The molecular weight excluding hydrogens is 322 g/mol. The van der Waals surface area contributed by atoms with Crippen molar-refractivity contribution in [1.29, 1.82) is 0 Å². The normalized spacial score (nSPS) is 28.7. The van der Waals surface area contributed by atoms with Gasteiger partial charge in [-0.05, 0) is 44.7 Å². The lowest BCUT2D eigenvalue weighted by Gasteiger charge is -2.42. The molecule has 2 saturated carbocycles. The van der Waals surface area contributed by atoms with Crippen LogP contribution < -0.4 is 4.72 Å². The SMILES string of the molecule is Cc1ccc(S(=O)(=O)N[C@H]2CCCC[C@]23CCCCCC3=O)cc1. The van der Waals surface area contributed by atoms with Crippen LogP contribution in [-0.2, 0) is 14.8 Å². The Morgan fingerprint density at radius 2 is 1.67 bits per heavy atom. The van der Waals surface area contributed by atoms with Gasteiger partial charge < -0.3 is 0 Å². The van der Waals surface area contributed by atoms with E-state index in [-0.39, 0.29) is 16.7 Å². The predicted octanol–water partition coefficient (Wildman–Crippen LogP) is 3.74. The molecule has 4 nitrogen and oxygen atoms in total. The molecule has 3 rings (SSSR count). The van der Waals surface area contributed by atoms with Gasteiger partial charge in [0.05, 0.1) is 4.90 Å². The maximum absolute atomic E-state index is 12.8. The Hall–Kier alpha value is -1.20. The first-order valence-corrected chi connectivity index (χ1v) is 10.5. The van der Waals surface area contributed by atoms with Crippen molar-refractivity contribution < 1.29 is 13.2 Å². The monoisotopic (exact) mass is 349 g/mol. The Morgan fingerprint density at radius 1 is 1.00 bits per heavy atom. The number of carbonyl (C=O) groups is 1. The highest BCUT2D eigenvalue weighted by molar-refractivity contribution is 7.89. The number of nitrogens with one attached hydrogen (secondary N) is 1. The largest absolute Gasteiger partial charge is 0.299 e. The van der Waals surface area contributed by atoms with Gasteiger partial charge in [0.1, 0.15) is 5.78 Å². The van der Waals surface area contributed by atoms with Crippen LogP contribution in [0, 0.1) is 12.3 Å². The molecule has 2 atom stereocenters. The Morgan fingerprint density at radius 3 is 2.38 bits per heavy atom. The molecule has 2 aliphatic rings. The van der Waals surface area contributed by atoms with Gasteiger partial charge in [-0.2, -0.15) is 0 Å². The molecule has 0 saturated heterocycles. The molecule has 2 aliphatic carbocycles. The van der Waals surface area contributed by atoms with Crippen LogP contribution >= 0.6 is 0 Å². The summed E-state index contributed by atoms with van der Waals surface area (Å²) in [5, 5.41) is 0. The van der Waals surface area contributed by atoms with Crippen LogP contribution in [0.3, 0.4) is 0 Å². The van der Waals surface area contributed by atoms with E-state index >= 15 is 0 Å². The molecule has 0 unspecified atom stereocenters. The van der Waals surface area contributed by atoms with Crippen LogP contribution in [0.1, 0.15) is 63.4 Å². The number of sulfonamides is 1. The van der Waals surface area contributed by atoms with Crippen molar-refractivity contribution in [3.63, 3.8) is 0 Å². The Bertz CT molecular complexity index is 696. The Kier molecular flexibility index (Phi) is 5.11. The van der Waals surface area contributed by atoms with Gasteiger partial charge in [-0.25, -0.2) is 13.1 Å². The minimum atomic E-state index is -3.59. The first-order valence-electron chi connectivity index (χ1n) is 9.06. The first kappa shape index (κ1) is 17.6. The number of hydrogen-bond donors (Lipinski definition) is 1. The summed E-state index contributed by atoms with van der Waals surface area (Å²) in [6.45, 7) is 1.93. The maximum Gasteiger partial charge on any atom is 0.240 e. The number of hydrogen-bond acceptors (Lipinski definition) is 3. The number of aryl methyl sites for hydroxylation is 1. The van der Waals surface area contributed by atoms with Crippen molar-refractivity contribution in [1.82, 2.24) is 4.72 Å². The van der Waals surface area contributed by atoms with Gasteiger partial charge in [0.2, 0.25) is 10.0 Å². The lowest BCUT2D eigenvalue weighted by molar-refractivity contribution is -0.132. The highest BCUT2D eigenvalue weighted by atomic mass is 32.2. The van der Waals surface area contributed by atoms with E-state index in [0.717, 1.165) is 56.9 Å². The molecule has 0 heterocycles. The van der Waals surface area contributed by atoms with E-state index in [4.69, 9.17) is 0 Å². The van der Waals surface area contributed by atoms with Crippen LogP contribution in [0.4, 0.5) is 0 Å². The summed E-state index contributed by atoms with van der Waals surface area (Å²) in [7, 11) is -3.59. The standard InChI is InChI=1S/C19H27NO3S/c1-15-9-11-16(12-10-15)24(22,23)20-17-7-4-6-14-19(17)13-5-2-3-8-18(19)21/h9-12,17,20H,2-8,13-14H2,1H3/t17-,19+/m0/s1. The molecule has 24 heavy (non-hydrogen) atoms. The summed E-state index contributed by atoms with van der Waals surface area (Å²) in [6, 6.07) is 6.64. The summed E-state index contributed by atoms with van der Waals surface area (Å²) in [4.78, 5) is 13.1. The minimum Gasteiger partial charge on any atom is -0.299 e. The van der Waals surface area contributed by atoms with Gasteiger partial charge in [-0.15, -0.1) is 0 Å². The summed E-state index contributed by atoms with van der Waals surface area (Å²) in [5.41, 5.74) is 0.550.